The summed E-state index contributed by atoms with van der Waals surface area (Å²) in [5.41, 5.74) is 3.38. The van der Waals surface area contributed by atoms with E-state index in [9.17, 15) is 8.78 Å². The molecule has 2 nitrogen and oxygen atoms in total. The summed E-state index contributed by atoms with van der Waals surface area (Å²) < 4.78 is 29.5. The summed E-state index contributed by atoms with van der Waals surface area (Å²) in [4.78, 5) is 5.98. The average Bonchev–Trinajstić information content (AvgIpc) is 3.04. The Hall–Kier alpha value is -2.66. The fourth-order valence-corrected chi connectivity index (χ4v) is 4.06. The van der Waals surface area contributed by atoms with Crippen molar-refractivity contribution in [3.63, 3.8) is 0 Å². The van der Waals surface area contributed by atoms with Crippen LogP contribution >= 0.6 is 11.8 Å². The lowest BCUT2D eigenvalue weighted by atomic mass is 10.2. The fraction of sp³-hybridized carbons (Fsp3) is 0.174. The molecule has 28 heavy (non-hydrogen) atoms. The zero-order valence-electron chi connectivity index (χ0n) is 15.5. The van der Waals surface area contributed by atoms with Crippen LogP contribution in [0.5, 0.6) is 0 Å². The Bertz CT molecular complexity index is 1090. The first-order valence-corrected chi connectivity index (χ1v) is 10.3. The van der Waals surface area contributed by atoms with Crippen molar-refractivity contribution >= 4 is 22.8 Å². The highest BCUT2D eigenvalue weighted by Crippen LogP contribution is 2.30. The molecule has 3 aromatic carbocycles. The maximum Gasteiger partial charge on any atom is 0.141 e. The lowest BCUT2D eigenvalue weighted by Gasteiger charge is -2.11. The molecule has 0 unspecified atom stereocenters. The van der Waals surface area contributed by atoms with Crippen molar-refractivity contribution in [1.82, 2.24) is 9.55 Å². The highest BCUT2D eigenvalue weighted by molar-refractivity contribution is 7.99. The lowest BCUT2D eigenvalue weighted by Crippen LogP contribution is -2.03. The molecule has 0 aliphatic carbocycles. The molecular weight excluding hydrogens is 374 g/mol. The molecule has 0 saturated carbocycles. The summed E-state index contributed by atoms with van der Waals surface area (Å²) in [6.07, 6.45) is 1.10. The van der Waals surface area contributed by atoms with E-state index in [1.165, 1.54) is 17.0 Å². The van der Waals surface area contributed by atoms with E-state index in [-0.39, 0.29) is 0 Å². The summed E-state index contributed by atoms with van der Waals surface area (Å²) in [5, 5.41) is 0. The summed E-state index contributed by atoms with van der Waals surface area (Å²) in [6.45, 7) is 2.50. The third-order valence-corrected chi connectivity index (χ3v) is 5.69. The highest BCUT2D eigenvalue weighted by atomic mass is 32.2. The number of halogens is 2. The van der Waals surface area contributed by atoms with E-state index in [0.29, 0.717) is 12.1 Å². The van der Waals surface area contributed by atoms with Crippen molar-refractivity contribution in [2.24, 2.45) is 0 Å². The Balaban J connectivity index is 1.86. The van der Waals surface area contributed by atoms with Gasteiger partial charge in [0, 0.05) is 23.1 Å². The van der Waals surface area contributed by atoms with Gasteiger partial charge < -0.3 is 4.57 Å². The quantitative estimate of drug-likeness (QED) is 0.346. The van der Waals surface area contributed by atoms with Crippen molar-refractivity contribution in [1.29, 1.82) is 0 Å². The molecule has 1 heterocycles. The van der Waals surface area contributed by atoms with Crippen LogP contribution in [0.3, 0.4) is 0 Å². The van der Waals surface area contributed by atoms with Gasteiger partial charge in [0.05, 0.1) is 11.0 Å². The molecule has 4 aromatic rings. The van der Waals surface area contributed by atoms with Gasteiger partial charge in [-0.25, -0.2) is 13.8 Å². The normalized spacial score (nSPS) is 11.2. The second-order valence-corrected chi connectivity index (χ2v) is 7.83. The minimum absolute atomic E-state index is 0.345. The molecule has 0 aliphatic heterocycles. The van der Waals surface area contributed by atoms with E-state index < -0.39 is 11.6 Å². The zero-order chi connectivity index (χ0) is 19.5. The van der Waals surface area contributed by atoms with Crippen molar-refractivity contribution in [2.75, 3.05) is 5.75 Å². The Morgan fingerprint density at radius 3 is 2.39 bits per heavy atom. The van der Waals surface area contributed by atoms with Gasteiger partial charge in [-0.3, -0.25) is 0 Å². The molecule has 1 aromatic heterocycles. The Kier molecular flexibility index (Phi) is 5.44. The fourth-order valence-electron chi connectivity index (χ4n) is 3.26. The molecule has 0 bridgehead atoms. The van der Waals surface area contributed by atoms with E-state index in [4.69, 9.17) is 4.98 Å². The van der Waals surface area contributed by atoms with Crippen LogP contribution < -0.4 is 0 Å². The second kappa shape index (κ2) is 8.15. The maximum absolute atomic E-state index is 13.7. The molecule has 0 N–H and O–H groups in total. The van der Waals surface area contributed by atoms with Gasteiger partial charge in [-0.1, -0.05) is 37.3 Å². The number of hydrogen-bond acceptors (Lipinski definition) is 2. The van der Waals surface area contributed by atoms with Gasteiger partial charge in [-0.2, -0.15) is 0 Å². The minimum Gasteiger partial charge on any atom is -0.319 e. The largest absolute Gasteiger partial charge is 0.319 e. The van der Waals surface area contributed by atoms with Crippen LogP contribution in [0.2, 0.25) is 0 Å². The molecule has 0 spiro atoms. The number of hydrogen-bond donors (Lipinski definition) is 0. The van der Waals surface area contributed by atoms with Gasteiger partial charge in [0.2, 0.25) is 0 Å². The summed E-state index contributed by atoms with van der Waals surface area (Å²) in [6, 6.07) is 19.7. The molecule has 142 valence electrons. The first-order chi connectivity index (χ1) is 13.6. The van der Waals surface area contributed by atoms with Crippen LogP contribution in [-0.2, 0) is 6.54 Å². The van der Waals surface area contributed by atoms with Gasteiger partial charge >= 0.3 is 0 Å². The third-order valence-electron chi connectivity index (χ3n) is 4.49. The smallest absolute Gasteiger partial charge is 0.141 e. The van der Waals surface area contributed by atoms with E-state index in [1.54, 1.807) is 11.8 Å². The first-order valence-electron chi connectivity index (χ1n) is 9.27. The monoisotopic (exact) mass is 394 g/mol. The Morgan fingerprint density at radius 2 is 1.68 bits per heavy atom. The molecule has 0 atom stereocenters. The molecule has 0 saturated heterocycles. The second-order valence-electron chi connectivity index (χ2n) is 6.66. The number of fused-ring (bicyclic) bond motifs is 1. The van der Waals surface area contributed by atoms with E-state index in [0.717, 1.165) is 40.7 Å². The number of aromatic nitrogens is 2. The Labute approximate surface area is 167 Å². The van der Waals surface area contributed by atoms with Crippen molar-refractivity contribution in [2.45, 2.75) is 24.8 Å². The summed E-state index contributed by atoms with van der Waals surface area (Å²) >= 11 is 1.80. The van der Waals surface area contributed by atoms with Crippen LogP contribution in [0, 0.1) is 11.6 Å². The molecule has 0 radical (unpaired) electrons. The number of imidazole rings is 1. The van der Waals surface area contributed by atoms with Gasteiger partial charge in [0.1, 0.15) is 17.5 Å². The molecule has 0 aliphatic rings. The van der Waals surface area contributed by atoms with E-state index >= 15 is 0 Å². The summed E-state index contributed by atoms with van der Waals surface area (Å²) in [5.74, 6) is 0.693. The van der Waals surface area contributed by atoms with Crippen LogP contribution in [0.1, 0.15) is 18.9 Å². The Morgan fingerprint density at radius 1 is 0.929 bits per heavy atom. The average molecular weight is 394 g/mol. The lowest BCUT2D eigenvalue weighted by molar-refractivity contribution is 0.578. The van der Waals surface area contributed by atoms with Crippen molar-refractivity contribution in [3.8, 4) is 11.4 Å². The molecule has 0 amide bonds. The zero-order valence-corrected chi connectivity index (χ0v) is 16.3. The van der Waals surface area contributed by atoms with Crippen LogP contribution in [0.25, 0.3) is 22.4 Å². The summed E-state index contributed by atoms with van der Waals surface area (Å²) in [7, 11) is 0. The van der Waals surface area contributed by atoms with Gasteiger partial charge in [0.15, 0.2) is 0 Å². The molecule has 0 fully saturated rings. The minimum atomic E-state index is -0.570. The van der Waals surface area contributed by atoms with E-state index in [1.807, 2.05) is 41.0 Å². The van der Waals surface area contributed by atoms with Crippen LogP contribution in [-0.4, -0.2) is 15.3 Å². The topological polar surface area (TPSA) is 17.8 Å². The number of thioether (sulfide) groups is 1. The number of nitrogens with zero attached hydrogens (tertiary/aromatic N) is 2. The first kappa shape index (κ1) is 18.7. The predicted octanol–water partition coefficient (Wildman–Crippen LogP) is 6.53. The SMILES string of the molecule is CCCSc1ccc2nc(-c3ccccc3)n(Cc3cc(F)cc(F)c3)c2c1. The molecule has 5 heteroatoms. The van der Waals surface area contributed by atoms with Gasteiger partial charge in [0.25, 0.3) is 0 Å². The standard InChI is InChI=1S/C23H20F2N2S/c1-2-10-28-20-8-9-21-22(14-20)27(15-16-11-18(24)13-19(25)12-16)23(26-21)17-6-4-3-5-7-17/h3-9,11-14H,2,10,15H2,1H3. The maximum atomic E-state index is 13.7. The van der Waals surface area contributed by atoms with Gasteiger partial charge in [-0.05, 0) is 48.1 Å². The highest BCUT2D eigenvalue weighted by Gasteiger charge is 2.14. The molecular formula is C23H20F2N2S. The van der Waals surface area contributed by atoms with E-state index in [2.05, 4.69) is 19.1 Å². The molecule has 4 rings (SSSR count). The number of rotatable bonds is 6. The van der Waals surface area contributed by atoms with Crippen LogP contribution in [0.15, 0.2) is 71.6 Å². The number of benzene rings is 3. The van der Waals surface area contributed by atoms with Gasteiger partial charge in [-0.15, -0.1) is 11.8 Å². The van der Waals surface area contributed by atoms with Crippen molar-refractivity contribution in [3.05, 3.63) is 83.9 Å². The van der Waals surface area contributed by atoms with Crippen LogP contribution in [0.4, 0.5) is 8.78 Å². The predicted molar refractivity (Wildman–Crippen MR) is 112 cm³/mol. The van der Waals surface area contributed by atoms with Crippen molar-refractivity contribution < 1.29 is 8.78 Å². The third kappa shape index (κ3) is 3.94.